The van der Waals surface area contributed by atoms with E-state index in [1.807, 2.05) is 19.1 Å². The van der Waals surface area contributed by atoms with Gasteiger partial charge in [0.15, 0.2) is 0 Å². The lowest BCUT2D eigenvalue weighted by molar-refractivity contribution is -0.167. The number of benzene rings is 1. The van der Waals surface area contributed by atoms with E-state index in [9.17, 15) is 13.2 Å². The van der Waals surface area contributed by atoms with Crippen molar-refractivity contribution in [2.75, 3.05) is 6.61 Å². The number of fused-ring (bicyclic) bond motifs is 4. The maximum absolute atomic E-state index is 12.8. The average Bonchev–Trinajstić information content (AvgIpc) is 3.17. The maximum Gasteiger partial charge on any atom is 0.302 e. The van der Waals surface area contributed by atoms with E-state index in [2.05, 4.69) is 41.5 Å². The number of hydrogen-bond acceptors (Lipinski definition) is 5. The van der Waals surface area contributed by atoms with Gasteiger partial charge in [0.25, 0.3) is 10.1 Å². The van der Waals surface area contributed by atoms with E-state index >= 15 is 0 Å². The minimum absolute atomic E-state index is 0.00146. The summed E-state index contributed by atoms with van der Waals surface area (Å²) in [4.78, 5) is 12.1. The fourth-order valence-corrected chi connectivity index (χ4v) is 11.3. The number of carbonyl (C=O) groups is 1. The highest BCUT2D eigenvalue weighted by molar-refractivity contribution is 7.86. The predicted molar refractivity (Wildman–Crippen MR) is 163 cm³/mol. The summed E-state index contributed by atoms with van der Waals surface area (Å²) >= 11 is 0. The molecule has 0 amide bonds. The molecule has 2 saturated carbocycles. The third kappa shape index (κ3) is 4.93. The molecule has 0 N–H and O–H groups in total. The van der Waals surface area contributed by atoms with Crippen molar-refractivity contribution in [3.63, 3.8) is 0 Å². The molecule has 5 rings (SSSR count). The molecule has 0 aromatic heterocycles. The molecule has 0 heterocycles. The van der Waals surface area contributed by atoms with Gasteiger partial charge < -0.3 is 4.74 Å². The topological polar surface area (TPSA) is 69.7 Å². The molecule has 41 heavy (non-hydrogen) atoms. The lowest BCUT2D eigenvalue weighted by atomic mass is 9.43. The summed E-state index contributed by atoms with van der Waals surface area (Å²) < 4.78 is 36.9. The molecule has 0 radical (unpaired) electrons. The summed E-state index contributed by atoms with van der Waals surface area (Å²) in [7, 11) is -3.74. The van der Waals surface area contributed by atoms with E-state index in [4.69, 9.17) is 8.92 Å². The highest BCUT2D eigenvalue weighted by Gasteiger charge is 2.63. The van der Waals surface area contributed by atoms with Crippen LogP contribution in [0.25, 0.3) is 0 Å². The van der Waals surface area contributed by atoms with Crippen LogP contribution < -0.4 is 0 Å². The first kappa shape index (κ1) is 30.8. The Kier molecular flexibility index (Phi) is 7.89. The summed E-state index contributed by atoms with van der Waals surface area (Å²) in [6.07, 6.45) is 9.84. The summed E-state index contributed by atoms with van der Waals surface area (Å²) in [6.45, 7) is 18.3. The van der Waals surface area contributed by atoms with Gasteiger partial charge in [0.2, 0.25) is 0 Å². The Labute approximate surface area is 249 Å². The van der Waals surface area contributed by atoms with Crippen LogP contribution in [0.3, 0.4) is 0 Å². The minimum atomic E-state index is -3.74. The van der Waals surface area contributed by atoms with Gasteiger partial charge in [0, 0.05) is 12.3 Å². The van der Waals surface area contributed by atoms with Crippen LogP contribution in [0.2, 0.25) is 0 Å². The van der Waals surface area contributed by atoms with Crippen molar-refractivity contribution in [3.05, 3.63) is 41.0 Å². The van der Waals surface area contributed by atoms with E-state index in [-0.39, 0.29) is 45.2 Å². The Morgan fingerprint density at radius 2 is 1.63 bits per heavy atom. The molecule has 4 aliphatic rings. The number of ether oxygens (including phenoxy) is 1. The summed E-state index contributed by atoms with van der Waals surface area (Å²) in [6, 6.07) is 6.88. The van der Waals surface area contributed by atoms with Crippen LogP contribution in [0.15, 0.2) is 40.3 Å². The molecular formula is C35H52O5S. The van der Waals surface area contributed by atoms with Crippen molar-refractivity contribution < 1.29 is 22.1 Å². The minimum Gasteiger partial charge on any atom is -0.462 e. The van der Waals surface area contributed by atoms with Gasteiger partial charge in [-0.1, -0.05) is 70.4 Å². The quantitative estimate of drug-likeness (QED) is 0.183. The van der Waals surface area contributed by atoms with Crippen molar-refractivity contribution in [2.24, 2.45) is 39.4 Å². The number of esters is 1. The molecule has 0 unspecified atom stereocenters. The molecule has 0 bridgehead atoms. The number of hydrogen-bond donors (Lipinski definition) is 0. The molecule has 0 aliphatic heterocycles. The summed E-state index contributed by atoms with van der Waals surface area (Å²) in [5, 5.41) is 0. The Morgan fingerprint density at radius 3 is 2.29 bits per heavy atom. The average molecular weight is 585 g/mol. The molecule has 6 heteroatoms. The van der Waals surface area contributed by atoms with Crippen molar-refractivity contribution >= 4 is 16.1 Å². The molecule has 4 aliphatic carbocycles. The highest BCUT2D eigenvalue weighted by Crippen LogP contribution is 2.72. The van der Waals surface area contributed by atoms with Crippen molar-refractivity contribution in [1.82, 2.24) is 0 Å². The van der Waals surface area contributed by atoms with Gasteiger partial charge in [-0.2, -0.15) is 8.42 Å². The third-order valence-electron chi connectivity index (χ3n) is 12.9. The fraction of sp³-hybridized carbons (Fsp3) is 0.743. The fourth-order valence-electron chi connectivity index (χ4n) is 10.3. The van der Waals surface area contributed by atoms with Gasteiger partial charge in [-0.05, 0) is 111 Å². The van der Waals surface area contributed by atoms with Crippen LogP contribution >= 0.6 is 0 Å². The second kappa shape index (κ2) is 10.5. The summed E-state index contributed by atoms with van der Waals surface area (Å²) in [5.41, 5.74) is 5.00. The van der Waals surface area contributed by atoms with E-state index in [1.165, 1.54) is 19.3 Å². The molecule has 1 aromatic rings. The maximum atomic E-state index is 12.8. The van der Waals surface area contributed by atoms with Gasteiger partial charge in [-0.25, -0.2) is 0 Å². The predicted octanol–water partition coefficient (Wildman–Crippen LogP) is 8.41. The van der Waals surface area contributed by atoms with Crippen LogP contribution in [-0.2, 0) is 23.8 Å². The van der Waals surface area contributed by atoms with Gasteiger partial charge in [0.05, 0.1) is 11.5 Å². The van der Waals surface area contributed by atoms with E-state index < -0.39 is 10.1 Å². The zero-order valence-corrected chi connectivity index (χ0v) is 27.5. The number of carbonyl (C=O) groups excluding carboxylic acids is 1. The van der Waals surface area contributed by atoms with E-state index in [1.54, 1.807) is 30.2 Å². The van der Waals surface area contributed by atoms with E-state index in [0.717, 1.165) is 44.1 Å². The second-order valence-electron chi connectivity index (χ2n) is 15.2. The highest BCUT2D eigenvalue weighted by atomic mass is 32.2. The zero-order valence-electron chi connectivity index (χ0n) is 26.6. The smallest absolute Gasteiger partial charge is 0.302 e. The van der Waals surface area contributed by atoms with Gasteiger partial charge in [0.1, 0.15) is 6.10 Å². The lowest BCUT2D eigenvalue weighted by Crippen LogP contribution is -2.55. The molecular weight excluding hydrogens is 532 g/mol. The standard InChI is InChI=1S/C35H52O5S/c1-23-9-11-26(12-10-23)41(37,38)39-22-18-24(2)27-15-20-35(8)29-13-14-30-32(4,5)31(40-25(3)36)17-19-33(30,6)28(29)16-21-34(27,35)7/h9-12,24,27,30-31H,13-22H2,1-8H3/t24-,27-,30+,31+,33-,34-,35+/m1/s1. The monoisotopic (exact) mass is 584 g/mol. The molecule has 1 aromatic carbocycles. The van der Waals surface area contributed by atoms with Crippen LogP contribution in [0, 0.1) is 46.3 Å². The molecule has 7 atom stereocenters. The largest absolute Gasteiger partial charge is 0.462 e. The van der Waals surface area contributed by atoms with Gasteiger partial charge >= 0.3 is 5.97 Å². The van der Waals surface area contributed by atoms with Crippen molar-refractivity contribution in [2.45, 2.75) is 124 Å². The normalized spacial score (nSPS) is 37.1. The zero-order chi connectivity index (χ0) is 30.0. The first-order chi connectivity index (χ1) is 19.1. The first-order valence-corrected chi connectivity index (χ1v) is 17.3. The Morgan fingerprint density at radius 1 is 0.951 bits per heavy atom. The number of rotatable bonds is 7. The molecule has 5 nitrogen and oxygen atoms in total. The van der Waals surface area contributed by atoms with Crippen LogP contribution in [0.5, 0.6) is 0 Å². The SMILES string of the molecule is CC(=O)O[C@H]1CC[C@]2(C)C3=C(CC[C@H]2C1(C)C)[C@]1(C)CC[C@H]([C@H](C)CCOS(=O)(=O)c2ccc(C)cc2)[C@@]1(C)CC3. The molecule has 0 saturated heterocycles. The van der Waals surface area contributed by atoms with Crippen molar-refractivity contribution in [3.8, 4) is 0 Å². The van der Waals surface area contributed by atoms with Crippen LogP contribution in [-0.4, -0.2) is 27.1 Å². The van der Waals surface area contributed by atoms with Crippen LogP contribution in [0.1, 0.15) is 112 Å². The molecule has 228 valence electrons. The number of aryl methyl sites for hydroxylation is 1. The van der Waals surface area contributed by atoms with Gasteiger partial charge in [-0.15, -0.1) is 0 Å². The van der Waals surface area contributed by atoms with Crippen LogP contribution in [0.4, 0.5) is 0 Å². The lowest BCUT2D eigenvalue weighted by Gasteiger charge is -2.62. The van der Waals surface area contributed by atoms with E-state index in [0.29, 0.717) is 17.8 Å². The Hall–Kier alpha value is -1.66. The summed E-state index contributed by atoms with van der Waals surface area (Å²) in [5.74, 6) is 1.30. The van der Waals surface area contributed by atoms with Crippen molar-refractivity contribution in [1.29, 1.82) is 0 Å². The van der Waals surface area contributed by atoms with Gasteiger partial charge in [-0.3, -0.25) is 8.98 Å². The second-order valence-corrected chi connectivity index (χ2v) is 16.8. The Bertz CT molecular complexity index is 1310. The molecule has 2 fully saturated rings. The number of allylic oxidation sites excluding steroid dienone is 2. The first-order valence-electron chi connectivity index (χ1n) is 15.9. The molecule has 0 spiro atoms. The third-order valence-corrected chi connectivity index (χ3v) is 14.2. The Balaban J connectivity index is 1.32.